The van der Waals surface area contributed by atoms with Crippen molar-refractivity contribution in [1.82, 2.24) is 10.2 Å². The predicted molar refractivity (Wildman–Crippen MR) is 79.8 cm³/mol. The van der Waals surface area contributed by atoms with Gasteiger partial charge < -0.3 is 19.7 Å². The molecule has 2 fully saturated rings. The summed E-state index contributed by atoms with van der Waals surface area (Å²) < 4.78 is 10.6. The molecule has 1 saturated carbocycles. The number of rotatable bonds is 4. The number of likely N-dealkylation sites (tertiary alicyclic amines) is 1. The molecule has 0 radical (unpaired) electrons. The van der Waals surface area contributed by atoms with Crippen molar-refractivity contribution in [3.63, 3.8) is 0 Å². The first-order valence-electron chi connectivity index (χ1n) is 7.48. The van der Waals surface area contributed by atoms with Gasteiger partial charge in [0.2, 0.25) is 0 Å². The van der Waals surface area contributed by atoms with Crippen LogP contribution in [0.1, 0.15) is 31.2 Å². The second-order valence-electron chi connectivity index (χ2n) is 5.78. The first kappa shape index (κ1) is 14.0. The summed E-state index contributed by atoms with van der Waals surface area (Å²) in [7, 11) is 3.25. The minimum absolute atomic E-state index is 0.0554. The number of carbonyl (C=O) groups excluding carboxylic acids is 1. The van der Waals surface area contributed by atoms with E-state index in [9.17, 15) is 4.79 Å². The smallest absolute Gasteiger partial charge is 0.318 e. The van der Waals surface area contributed by atoms with Gasteiger partial charge in [-0.3, -0.25) is 0 Å². The average molecular weight is 290 g/mol. The van der Waals surface area contributed by atoms with Crippen LogP contribution < -0.4 is 14.8 Å². The number of benzene rings is 1. The van der Waals surface area contributed by atoms with Gasteiger partial charge in [0.15, 0.2) is 11.5 Å². The number of urea groups is 1. The van der Waals surface area contributed by atoms with Crippen LogP contribution in [0.3, 0.4) is 0 Å². The summed E-state index contributed by atoms with van der Waals surface area (Å²) in [6, 6.07) is 5.94. The van der Waals surface area contributed by atoms with Crippen molar-refractivity contribution in [2.75, 3.05) is 27.3 Å². The number of ether oxygens (including phenoxy) is 2. The highest BCUT2D eigenvalue weighted by Gasteiger charge is 2.46. The summed E-state index contributed by atoms with van der Waals surface area (Å²) >= 11 is 0. The molecule has 1 aliphatic carbocycles. The molecule has 5 nitrogen and oxygen atoms in total. The van der Waals surface area contributed by atoms with Gasteiger partial charge in [0.05, 0.1) is 19.8 Å². The van der Waals surface area contributed by atoms with Gasteiger partial charge in [-0.25, -0.2) is 4.79 Å². The molecular weight excluding hydrogens is 268 g/mol. The van der Waals surface area contributed by atoms with Crippen molar-refractivity contribution in [3.8, 4) is 11.5 Å². The molecule has 0 atom stereocenters. The normalized spacial score (nSPS) is 19.2. The van der Waals surface area contributed by atoms with Gasteiger partial charge in [0.1, 0.15) is 0 Å². The fourth-order valence-corrected chi connectivity index (χ4v) is 2.95. The standard InChI is InChI=1S/C16H22N2O3/c1-20-13-6-5-12(11-14(13)21-2)16(7-8-16)17-15(19)18-9-3-4-10-18/h5-6,11H,3-4,7-10H2,1-2H3,(H,17,19). The van der Waals surface area contributed by atoms with Crippen molar-refractivity contribution in [2.45, 2.75) is 31.2 Å². The van der Waals surface area contributed by atoms with Crippen molar-refractivity contribution in [3.05, 3.63) is 23.8 Å². The molecule has 0 bridgehead atoms. The lowest BCUT2D eigenvalue weighted by Crippen LogP contribution is -2.43. The van der Waals surface area contributed by atoms with Gasteiger partial charge in [-0.05, 0) is 43.4 Å². The Morgan fingerprint density at radius 2 is 1.81 bits per heavy atom. The third-order valence-electron chi connectivity index (χ3n) is 4.43. The van der Waals surface area contributed by atoms with Crippen molar-refractivity contribution < 1.29 is 14.3 Å². The van der Waals surface area contributed by atoms with Gasteiger partial charge in [-0.1, -0.05) is 6.07 Å². The quantitative estimate of drug-likeness (QED) is 0.927. The van der Waals surface area contributed by atoms with Crippen LogP contribution in [0.4, 0.5) is 4.79 Å². The average Bonchev–Trinajstić information content (AvgIpc) is 3.08. The minimum Gasteiger partial charge on any atom is -0.493 e. The third-order valence-corrected chi connectivity index (χ3v) is 4.43. The van der Waals surface area contributed by atoms with E-state index in [1.165, 1.54) is 0 Å². The highest BCUT2D eigenvalue weighted by Crippen LogP contribution is 2.47. The lowest BCUT2D eigenvalue weighted by atomic mass is 10.0. The van der Waals surface area contributed by atoms with E-state index < -0.39 is 0 Å². The lowest BCUT2D eigenvalue weighted by Gasteiger charge is -2.23. The van der Waals surface area contributed by atoms with Crippen molar-refractivity contribution in [1.29, 1.82) is 0 Å². The van der Waals surface area contributed by atoms with E-state index in [-0.39, 0.29) is 11.6 Å². The van der Waals surface area contributed by atoms with Gasteiger partial charge in [-0.15, -0.1) is 0 Å². The van der Waals surface area contributed by atoms with Crippen LogP contribution in [0.25, 0.3) is 0 Å². The molecule has 21 heavy (non-hydrogen) atoms. The lowest BCUT2D eigenvalue weighted by molar-refractivity contribution is 0.203. The second kappa shape index (κ2) is 5.47. The number of nitrogens with zero attached hydrogens (tertiary/aromatic N) is 1. The molecule has 1 aromatic carbocycles. The maximum atomic E-state index is 12.3. The van der Waals surface area contributed by atoms with Gasteiger partial charge in [-0.2, -0.15) is 0 Å². The molecule has 114 valence electrons. The van der Waals surface area contributed by atoms with E-state index in [4.69, 9.17) is 9.47 Å². The zero-order valence-electron chi connectivity index (χ0n) is 12.6. The zero-order chi connectivity index (χ0) is 14.9. The Hall–Kier alpha value is -1.91. The first-order chi connectivity index (χ1) is 10.2. The van der Waals surface area contributed by atoms with Gasteiger partial charge >= 0.3 is 6.03 Å². The number of amides is 2. The Morgan fingerprint density at radius 3 is 2.38 bits per heavy atom. The molecule has 1 aliphatic heterocycles. The maximum Gasteiger partial charge on any atom is 0.318 e. The monoisotopic (exact) mass is 290 g/mol. The Balaban J connectivity index is 1.77. The van der Waals surface area contributed by atoms with E-state index in [0.717, 1.165) is 44.3 Å². The molecule has 0 spiro atoms. The molecule has 5 heteroatoms. The van der Waals surface area contributed by atoms with Crippen LogP contribution in [0, 0.1) is 0 Å². The summed E-state index contributed by atoms with van der Waals surface area (Å²) in [5, 5.41) is 3.21. The summed E-state index contributed by atoms with van der Waals surface area (Å²) in [6.07, 6.45) is 4.16. The molecule has 2 aliphatic rings. The molecule has 1 saturated heterocycles. The molecule has 1 aromatic rings. The molecular formula is C16H22N2O3. The molecule has 0 unspecified atom stereocenters. The number of hydrogen-bond donors (Lipinski definition) is 1. The fraction of sp³-hybridized carbons (Fsp3) is 0.562. The second-order valence-corrected chi connectivity index (χ2v) is 5.78. The summed E-state index contributed by atoms with van der Waals surface area (Å²) in [4.78, 5) is 14.2. The van der Waals surface area contributed by atoms with E-state index in [2.05, 4.69) is 5.32 Å². The Morgan fingerprint density at radius 1 is 1.14 bits per heavy atom. The molecule has 1 N–H and O–H groups in total. The van der Waals surface area contributed by atoms with Crippen LogP contribution in [0.2, 0.25) is 0 Å². The number of methoxy groups -OCH3 is 2. The van der Waals surface area contributed by atoms with Gasteiger partial charge in [0.25, 0.3) is 0 Å². The van der Waals surface area contributed by atoms with Crippen LogP contribution in [0.15, 0.2) is 18.2 Å². The van der Waals surface area contributed by atoms with E-state index in [1.54, 1.807) is 14.2 Å². The molecule has 1 heterocycles. The first-order valence-corrected chi connectivity index (χ1v) is 7.48. The van der Waals surface area contributed by atoms with E-state index in [1.807, 2.05) is 23.1 Å². The number of nitrogens with one attached hydrogen (secondary N) is 1. The van der Waals surface area contributed by atoms with Gasteiger partial charge in [0, 0.05) is 13.1 Å². The Labute approximate surface area is 125 Å². The van der Waals surface area contributed by atoms with Crippen molar-refractivity contribution >= 4 is 6.03 Å². The number of hydrogen-bond acceptors (Lipinski definition) is 3. The van der Waals surface area contributed by atoms with E-state index >= 15 is 0 Å². The minimum atomic E-state index is -0.223. The topological polar surface area (TPSA) is 50.8 Å². The summed E-state index contributed by atoms with van der Waals surface area (Å²) in [6.45, 7) is 1.74. The van der Waals surface area contributed by atoms with Crippen molar-refractivity contribution in [2.24, 2.45) is 0 Å². The highest BCUT2D eigenvalue weighted by molar-refractivity contribution is 5.76. The van der Waals surface area contributed by atoms with Crippen LogP contribution in [0.5, 0.6) is 11.5 Å². The molecule has 2 amide bonds. The largest absolute Gasteiger partial charge is 0.493 e. The van der Waals surface area contributed by atoms with Crippen LogP contribution in [-0.2, 0) is 5.54 Å². The molecule has 0 aromatic heterocycles. The predicted octanol–water partition coefficient (Wildman–Crippen LogP) is 2.50. The Kier molecular flexibility index (Phi) is 3.66. The third kappa shape index (κ3) is 2.64. The van der Waals surface area contributed by atoms with Crippen LogP contribution in [-0.4, -0.2) is 38.2 Å². The number of carbonyl (C=O) groups is 1. The summed E-state index contributed by atoms with van der Waals surface area (Å²) in [5.41, 5.74) is 0.867. The van der Waals surface area contributed by atoms with Crippen LogP contribution >= 0.6 is 0 Å². The summed E-state index contributed by atoms with van der Waals surface area (Å²) in [5.74, 6) is 1.42. The zero-order valence-corrected chi connectivity index (χ0v) is 12.6. The Bertz CT molecular complexity index is 534. The SMILES string of the molecule is COc1ccc(C2(NC(=O)N3CCCC3)CC2)cc1OC. The maximum absolute atomic E-state index is 12.3. The van der Waals surface area contributed by atoms with E-state index in [0.29, 0.717) is 11.5 Å². The highest BCUT2D eigenvalue weighted by atomic mass is 16.5. The fourth-order valence-electron chi connectivity index (χ4n) is 2.95. The molecule has 3 rings (SSSR count).